The van der Waals surface area contributed by atoms with Gasteiger partial charge in [0.25, 0.3) is 5.56 Å². The Kier molecular flexibility index (Phi) is 2.91. The average Bonchev–Trinajstić information content (AvgIpc) is 3.22. The molecule has 0 aliphatic heterocycles. The Bertz CT molecular complexity index is 1390. The van der Waals surface area contributed by atoms with Crippen LogP contribution in [0.5, 0.6) is 0 Å². The van der Waals surface area contributed by atoms with Crippen molar-refractivity contribution in [2.75, 3.05) is 0 Å². The first-order chi connectivity index (χ1) is 12.1. The lowest BCUT2D eigenvalue weighted by atomic mass is 10.1. The summed E-state index contributed by atoms with van der Waals surface area (Å²) >= 11 is 1.45. The summed E-state index contributed by atoms with van der Waals surface area (Å²) in [7, 11) is 2.06. The Morgan fingerprint density at radius 3 is 2.60 bits per heavy atom. The molecular formula is C20H15N3OS. The molecule has 0 saturated carbocycles. The number of benzene rings is 2. The van der Waals surface area contributed by atoms with E-state index in [9.17, 15) is 4.79 Å². The van der Waals surface area contributed by atoms with Gasteiger partial charge in [-0.15, -0.1) is 0 Å². The predicted molar refractivity (Wildman–Crippen MR) is 103 cm³/mol. The van der Waals surface area contributed by atoms with Crippen molar-refractivity contribution in [3.63, 3.8) is 0 Å². The van der Waals surface area contributed by atoms with E-state index in [1.54, 1.807) is 4.40 Å². The van der Waals surface area contributed by atoms with E-state index in [0.29, 0.717) is 4.53 Å². The van der Waals surface area contributed by atoms with Crippen LogP contribution < -0.4 is 10.1 Å². The Hall–Kier alpha value is -2.92. The number of nitrogens with zero attached hydrogens (tertiary/aromatic N) is 3. The molecule has 122 valence electrons. The summed E-state index contributed by atoms with van der Waals surface area (Å²) in [6.07, 6.45) is 2.01. The molecule has 5 heteroatoms. The second-order valence-electron chi connectivity index (χ2n) is 6.21. The van der Waals surface area contributed by atoms with Gasteiger partial charge < -0.3 is 4.57 Å². The van der Waals surface area contributed by atoms with Crippen molar-refractivity contribution in [2.24, 2.45) is 7.05 Å². The SMILES string of the molecule is Cc1c(/C=c2/sc3nc4ccccc4n3c2=O)c2ccccc2n1C. The van der Waals surface area contributed by atoms with Gasteiger partial charge in [-0.25, -0.2) is 9.38 Å². The summed E-state index contributed by atoms with van der Waals surface area (Å²) in [5, 5.41) is 1.16. The third-order valence-electron chi connectivity index (χ3n) is 4.87. The van der Waals surface area contributed by atoms with Crippen LogP contribution in [0.15, 0.2) is 53.3 Å². The number of fused-ring (bicyclic) bond motifs is 4. The molecule has 5 aromatic rings. The number of hydrogen-bond donors (Lipinski definition) is 0. The Balaban J connectivity index is 1.87. The molecule has 0 saturated heterocycles. The molecule has 0 aliphatic carbocycles. The summed E-state index contributed by atoms with van der Waals surface area (Å²) < 4.78 is 4.60. The summed E-state index contributed by atoms with van der Waals surface area (Å²) in [5.74, 6) is 0. The number of imidazole rings is 1. The third-order valence-corrected chi connectivity index (χ3v) is 5.84. The van der Waals surface area contributed by atoms with Crippen LogP contribution in [0.1, 0.15) is 11.3 Å². The highest BCUT2D eigenvalue weighted by atomic mass is 32.1. The van der Waals surface area contributed by atoms with Crippen molar-refractivity contribution in [3.05, 3.63) is 74.7 Å². The number of rotatable bonds is 1. The third kappa shape index (κ3) is 1.93. The molecule has 2 aromatic carbocycles. The molecule has 0 amide bonds. The van der Waals surface area contributed by atoms with Crippen LogP contribution in [0.2, 0.25) is 0 Å². The molecule has 0 bridgehead atoms. The maximum atomic E-state index is 13.0. The predicted octanol–water partition coefficient (Wildman–Crippen LogP) is 3.26. The molecular weight excluding hydrogens is 330 g/mol. The number of hydrogen-bond acceptors (Lipinski definition) is 3. The van der Waals surface area contributed by atoms with Gasteiger partial charge in [-0.3, -0.25) is 4.79 Å². The van der Waals surface area contributed by atoms with Crippen molar-refractivity contribution in [2.45, 2.75) is 6.92 Å². The minimum Gasteiger partial charge on any atom is -0.347 e. The van der Waals surface area contributed by atoms with Crippen LogP contribution in [0.4, 0.5) is 0 Å². The second-order valence-corrected chi connectivity index (χ2v) is 7.22. The van der Waals surface area contributed by atoms with Gasteiger partial charge in [-0.05, 0) is 31.2 Å². The zero-order valence-electron chi connectivity index (χ0n) is 13.9. The molecule has 5 rings (SSSR count). The van der Waals surface area contributed by atoms with Gasteiger partial charge in [0.1, 0.15) is 0 Å². The quantitative estimate of drug-likeness (QED) is 0.468. The Labute approximate surface area is 147 Å². The van der Waals surface area contributed by atoms with Crippen molar-refractivity contribution < 1.29 is 0 Å². The zero-order chi connectivity index (χ0) is 17.1. The van der Waals surface area contributed by atoms with E-state index in [-0.39, 0.29) is 5.56 Å². The lowest BCUT2D eigenvalue weighted by Gasteiger charge is -1.97. The van der Waals surface area contributed by atoms with Crippen LogP contribution in [0.3, 0.4) is 0 Å². The van der Waals surface area contributed by atoms with E-state index in [2.05, 4.69) is 35.7 Å². The summed E-state index contributed by atoms with van der Waals surface area (Å²) in [5.41, 5.74) is 5.15. The van der Waals surface area contributed by atoms with Crippen LogP contribution in [0.25, 0.3) is 33.0 Å². The summed E-state index contributed by atoms with van der Waals surface area (Å²) in [6.45, 7) is 2.09. The molecule has 3 aromatic heterocycles. The fraction of sp³-hybridized carbons (Fsp3) is 0.100. The highest BCUT2D eigenvalue weighted by molar-refractivity contribution is 7.15. The monoisotopic (exact) mass is 345 g/mol. The molecule has 25 heavy (non-hydrogen) atoms. The highest BCUT2D eigenvalue weighted by Gasteiger charge is 2.13. The van der Waals surface area contributed by atoms with Gasteiger partial charge in [0.15, 0.2) is 4.96 Å². The van der Waals surface area contributed by atoms with Crippen LogP contribution in [-0.2, 0) is 7.05 Å². The Morgan fingerprint density at radius 2 is 1.76 bits per heavy atom. The average molecular weight is 345 g/mol. The number of para-hydroxylation sites is 3. The van der Waals surface area contributed by atoms with Crippen molar-refractivity contribution in [1.29, 1.82) is 0 Å². The Morgan fingerprint density at radius 1 is 1.04 bits per heavy atom. The normalized spacial score (nSPS) is 12.8. The molecule has 4 nitrogen and oxygen atoms in total. The fourth-order valence-electron chi connectivity index (χ4n) is 3.48. The zero-order valence-corrected chi connectivity index (χ0v) is 14.7. The number of aromatic nitrogens is 3. The molecule has 3 heterocycles. The van der Waals surface area contributed by atoms with Gasteiger partial charge in [0, 0.05) is 29.2 Å². The lowest BCUT2D eigenvalue weighted by Crippen LogP contribution is -2.22. The first-order valence-electron chi connectivity index (χ1n) is 8.11. The van der Waals surface area contributed by atoms with E-state index >= 15 is 0 Å². The maximum absolute atomic E-state index is 13.0. The van der Waals surface area contributed by atoms with Crippen LogP contribution >= 0.6 is 11.3 Å². The van der Waals surface area contributed by atoms with E-state index in [1.165, 1.54) is 16.9 Å². The molecule has 0 radical (unpaired) electrons. The summed E-state index contributed by atoms with van der Waals surface area (Å²) in [6, 6.07) is 16.0. The van der Waals surface area contributed by atoms with E-state index in [4.69, 9.17) is 0 Å². The fourth-order valence-corrected chi connectivity index (χ4v) is 4.44. The van der Waals surface area contributed by atoms with Crippen LogP contribution in [-0.4, -0.2) is 14.0 Å². The van der Waals surface area contributed by atoms with Gasteiger partial charge in [0.2, 0.25) is 0 Å². The lowest BCUT2D eigenvalue weighted by molar-refractivity contribution is 0.916. The minimum absolute atomic E-state index is 0.000958. The first-order valence-corrected chi connectivity index (χ1v) is 8.92. The molecule has 0 fully saturated rings. The molecule has 0 unspecified atom stereocenters. The van der Waals surface area contributed by atoms with Crippen molar-refractivity contribution in [1.82, 2.24) is 14.0 Å². The topological polar surface area (TPSA) is 39.3 Å². The maximum Gasteiger partial charge on any atom is 0.274 e. The smallest absolute Gasteiger partial charge is 0.274 e. The van der Waals surface area contributed by atoms with Gasteiger partial charge in [-0.1, -0.05) is 41.7 Å². The van der Waals surface area contributed by atoms with E-state index in [1.807, 2.05) is 42.5 Å². The molecule has 0 aliphatic rings. The number of thiazole rings is 1. The van der Waals surface area contributed by atoms with E-state index < -0.39 is 0 Å². The van der Waals surface area contributed by atoms with Crippen molar-refractivity contribution in [3.8, 4) is 0 Å². The van der Waals surface area contributed by atoms with Gasteiger partial charge >= 0.3 is 0 Å². The highest BCUT2D eigenvalue weighted by Crippen LogP contribution is 2.25. The van der Waals surface area contributed by atoms with Gasteiger partial charge in [0.05, 0.1) is 15.6 Å². The van der Waals surface area contributed by atoms with E-state index in [0.717, 1.165) is 32.6 Å². The van der Waals surface area contributed by atoms with Gasteiger partial charge in [-0.2, -0.15) is 0 Å². The molecule has 0 spiro atoms. The summed E-state index contributed by atoms with van der Waals surface area (Å²) in [4.78, 5) is 18.3. The molecule has 0 N–H and O–H groups in total. The largest absolute Gasteiger partial charge is 0.347 e. The minimum atomic E-state index is 0.000958. The molecule has 0 atom stereocenters. The van der Waals surface area contributed by atoms with Crippen molar-refractivity contribution >= 4 is 44.3 Å². The second kappa shape index (κ2) is 5.04. The van der Waals surface area contributed by atoms with Crippen LogP contribution in [0, 0.1) is 6.92 Å². The standard InChI is InChI=1S/C20H15N3OS/c1-12-14(13-7-3-5-9-16(13)22(12)2)11-18-19(24)23-17-10-6-4-8-15(17)21-20(23)25-18/h3-11H,1-2H3/b18-11+. The number of aryl methyl sites for hydroxylation is 1. The first kappa shape index (κ1) is 14.4.